The van der Waals surface area contributed by atoms with Crippen molar-refractivity contribution in [2.45, 2.75) is 24.9 Å². The van der Waals surface area contributed by atoms with Gasteiger partial charge in [-0.25, -0.2) is 4.98 Å². The summed E-state index contributed by atoms with van der Waals surface area (Å²) in [5.41, 5.74) is 0.779. The molecule has 1 unspecified atom stereocenters. The zero-order valence-electron chi connectivity index (χ0n) is 16.2. The van der Waals surface area contributed by atoms with Gasteiger partial charge in [0.25, 0.3) is 0 Å². The number of hydrogen-bond acceptors (Lipinski definition) is 3. The summed E-state index contributed by atoms with van der Waals surface area (Å²) in [7, 11) is 1.57. The second-order valence-electron chi connectivity index (χ2n) is 6.83. The molecule has 1 amide bonds. The molecule has 0 aliphatic heterocycles. The summed E-state index contributed by atoms with van der Waals surface area (Å²) < 4.78 is 46.4. The smallest absolute Gasteiger partial charge is 0.385 e. The molecule has 0 fully saturated rings. The molecule has 9 heteroatoms. The summed E-state index contributed by atoms with van der Waals surface area (Å²) in [6.07, 6.45) is -0.673. The van der Waals surface area contributed by atoms with Crippen LogP contribution in [-0.2, 0) is 15.7 Å². The number of carbonyl (C=O) groups is 1. The number of ether oxygens (including phenoxy) is 1. The maximum atomic E-state index is 13.3. The molecule has 0 aliphatic carbocycles. The van der Waals surface area contributed by atoms with Crippen LogP contribution in [0.5, 0.6) is 0 Å². The van der Waals surface area contributed by atoms with Crippen molar-refractivity contribution in [3.63, 3.8) is 0 Å². The van der Waals surface area contributed by atoms with Crippen LogP contribution in [-0.4, -0.2) is 35.6 Å². The van der Waals surface area contributed by atoms with Crippen LogP contribution in [0.1, 0.15) is 35.6 Å². The Morgan fingerprint density at radius 1 is 1.30 bits per heavy atom. The normalized spacial score (nSPS) is 12.8. The standard InChI is InChI=1S/C21H21ClF3N3O2/c1-30-9-3-8-26-20(29)11-17(14-4-2-5-15(10-14)21(23,24)25)18-12-27-19-7-6-16(22)13-28(18)19/h2,4-7,10,12-13,17H,3,8-9,11H2,1H3,(H,26,29). The third kappa shape index (κ3) is 5.31. The molecule has 0 saturated carbocycles. The van der Waals surface area contributed by atoms with E-state index in [1.807, 2.05) is 0 Å². The van der Waals surface area contributed by atoms with E-state index in [0.717, 1.165) is 12.1 Å². The highest BCUT2D eigenvalue weighted by molar-refractivity contribution is 6.30. The Kier molecular flexibility index (Phi) is 6.99. The SMILES string of the molecule is COCCCNC(=O)CC(c1cccc(C(F)(F)F)c1)c1cnc2ccc(Cl)cn12. The molecule has 5 nitrogen and oxygen atoms in total. The number of halogens is 4. The minimum absolute atomic E-state index is 0.0331. The first kappa shape index (κ1) is 22.1. The lowest BCUT2D eigenvalue weighted by molar-refractivity contribution is -0.137. The molecule has 1 N–H and O–H groups in total. The lowest BCUT2D eigenvalue weighted by Crippen LogP contribution is -2.27. The lowest BCUT2D eigenvalue weighted by Gasteiger charge is -2.19. The maximum Gasteiger partial charge on any atom is 0.416 e. The van der Waals surface area contributed by atoms with E-state index in [2.05, 4.69) is 10.3 Å². The van der Waals surface area contributed by atoms with Crippen molar-refractivity contribution in [2.24, 2.45) is 0 Å². The average molecular weight is 440 g/mol. The van der Waals surface area contributed by atoms with Crippen molar-refractivity contribution < 1.29 is 22.7 Å². The van der Waals surface area contributed by atoms with Crippen LogP contribution in [0, 0.1) is 0 Å². The van der Waals surface area contributed by atoms with Gasteiger partial charge in [0.15, 0.2) is 0 Å². The number of benzene rings is 1. The Labute approximate surface area is 176 Å². The number of aromatic nitrogens is 2. The molecule has 2 heterocycles. The van der Waals surface area contributed by atoms with Crippen LogP contribution in [0.4, 0.5) is 13.2 Å². The molecule has 0 aliphatic rings. The summed E-state index contributed by atoms with van der Waals surface area (Å²) in [6, 6.07) is 8.40. The van der Waals surface area contributed by atoms with Crippen LogP contribution < -0.4 is 5.32 Å². The molecule has 2 aromatic heterocycles. The third-order valence-electron chi connectivity index (χ3n) is 4.71. The van der Waals surface area contributed by atoms with E-state index in [1.165, 1.54) is 6.07 Å². The Morgan fingerprint density at radius 2 is 2.10 bits per heavy atom. The number of rotatable bonds is 8. The van der Waals surface area contributed by atoms with Gasteiger partial charge in [-0.15, -0.1) is 0 Å². The first-order chi connectivity index (χ1) is 14.3. The molecule has 0 spiro atoms. The van der Waals surface area contributed by atoms with E-state index < -0.39 is 17.7 Å². The van der Waals surface area contributed by atoms with E-state index in [1.54, 1.807) is 42.1 Å². The fourth-order valence-corrected chi connectivity index (χ4v) is 3.42. The molecule has 1 aromatic carbocycles. The molecule has 0 bridgehead atoms. The van der Waals surface area contributed by atoms with Gasteiger partial charge in [-0.1, -0.05) is 29.8 Å². The number of nitrogens with zero attached hydrogens (tertiary/aromatic N) is 2. The van der Waals surface area contributed by atoms with Gasteiger partial charge in [-0.3, -0.25) is 4.79 Å². The van der Waals surface area contributed by atoms with Gasteiger partial charge in [0.05, 0.1) is 16.3 Å². The number of pyridine rings is 1. The van der Waals surface area contributed by atoms with Crippen molar-refractivity contribution in [2.75, 3.05) is 20.3 Å². The Balaban J connectivity index is 1.97. The average Bonchev–Trinajstić information content (AvgIpc) is 3.11. The highest BCUT2D eigenvalue weighted by atomic mass is 35.5. The number of nitrogens with one attached hydrogen (secondary N) is 1. The van der Waals surface area contributed by atoms with Crippen molar-refractivity contribution >= 4 is 23.2 Å². The van der Waals surface area contributed by atoms with Gasteiger partial charge >= 0.3 is 6.18 Å². The van der Waals surface area contributed by atoms with Crippen LogP contribution in [0.25, 0.3) is 5.65 Å². The summed E-state index contributed by atoms with van der Waals surface area (Å²) in [6.45, 7) is 0.921. The molecule has 160 valence electrons. The predicted octanol–water partition coefficient (Wildman–Crippen LogP) is 4.68. The van der Waals surface area contributed by atoms with Crippen LogP contribution in [0.3, 0.4) is 0 Å². The van der Waals surface area contributed by atoms with Crippen molar-refractivity contribution in [1.29, 1.82) is 0 Å². The van der Waals surface area contributed by atoms with E-state index in [-0.39, 0.29) is 12.3 Å². The van der Waals surface area contributed by atoms with Crippen LogP contribution in [0.2, 0.25) is 5.02 Å². The van der Waals surface area contributed by atoms with Crippen molar-refractivity contribution in [3.8, 4) is 0 Å². The molecule has 1 atom stereocenters. The Hall–Kier alpha value is -2.58. The topological polar surface area (TPSA) is 55.6 Å². The Morgan fingerprint density at radius 3 is 2.83 bits per heavy atom. The van der Waals surface area contributed by atoms with Gasteiger partial charge < -0.3 is 14.5 Å². The minimum Gasteiger partial charge on any atom is -0.385 e. The summed E-state index contributed by atoms with van der Waals surface area (Å²) in [4.78, 5) is 16.8. The van der Waals surface area contributed by atoms with E-state index in [4.69, 9.17) is 16.3 Å². The number of alkyl halides is 3. The molecule has 0 radical (unpaired) electrons. The van der Waals surface area contributed by atoms with Crippen LogP contribution >= 0.6 is 11.6 Å². The number of carbonyl (C=O) groups excluding carboxylic acids is 1. The lowest BCUT2D eigenvalue weighted by atomic mass is 9.91. The van der Waals surface area contributed by atoms with E-state index in [0.29, 0.717) is 41.5 Å². The van der Waals surface area contributed by atoms with Crippen molar-refractivity contribution in [1.82, 2.24) is 14.7 Å². The number of amides is 1. The fraction of sp³-hybridized carbons (Fsp3) is 0.333. The zero-order chi connectivity index (χ0) is 21.7. The van der Waals surface area contributed by atoms with Gasteiger partial charge in [0, 0.05) is 45.0 Å². The number of imidazole rings is 1. The molecule has 3 aromatic rings. The first-order valence-electron chi connectivity index (χ1n) is 9.35. The molecular weight excluding hydrogens is 419 g/mol. The predicted molar refractivity (Wildman–Crippen MR) is 108 cm³/mol. The quantitative estimate of drug-likeness (QED) is 0.518. The summed E-state index contributed by atoms with van der Waals surface area (Å²) in [5, 5.41) is 3.24. The van der Waals surface area contributed by atoms with Gasteiger partial charge in [-0.2, -0.15) is 13.2 Å². The van der Waals surface area contributed by atoms with E-state index in [9.17, 15) is 18.0 Å². The van der Waals surface area contributed by atoms with Crippen LogP contribution in [0.15, 0.2) is 48.8 Å². The number of hydrogen-bond donors (Lipinski definition) is 1. The van der Waals surface area contributed by atoms with E-state index >= 15 is 0 Å². The largest absolute Gasteiger partial charge is 0.416 e. The molecule has 3 rings (SSSR count). The van der Waals surface area contributed by atoms with Gasteiger partial charge in [0.1, 0.15) is 5.65 Å². The second kappa shape index (κ2) is 9.49. The zero-order valence-corrected chi connectivity index (χ0v) is 17.0. The molecule has 0 saturated heterocycles. The number of methoxy groups -OCH3 is 1. The minimum atomic E-state index is -4.48. The highest BCUT2D eigenvalue weighted by Gasteiger charge is 2.32. The second-order valence-corrected chi connectivity index (χ2v) is 7.27. The summed E-state index contributed by atoms with van der Waals surface area (Å²) >= 11 is 6.10. The third-order valence-corrected chi connectivity index (χ3v) is 4.93. The monoisotopic (exact) mass is 439 g/mol. The summed E-state index contributed by atoms with van der Waals surface area (Å²) in [5.74, 6) is -0.909. The maximum absolute atomic E-state index is 13.3. The van der Waals surface area contributed by atoms with Gasteiger partial charge in [-0.05, 0) is 30.2 Å². The highest BCUT2D eigenvalue weighted by Crippen LogP contribution is 2.34. The van der Waals surface area contributed by atoms with Crippen molar-refractivity contribution in [3.05, 3.63) is 70.6 Å². The Bertz CT molecular complexity index is 1020. The number of fused-ring (bicyclic) bond motifs is 1. The molecule has 30 heavy (non-hydrogen) atoms. The van der Waals surface area contributed by atoms with Gasteiger partial charge in [0.2, 0.25) is 5.91 Å². The molecular formula is C21H21ClF3N3O2. The fourth-order valence-electron chi connectivity index (χ4n) is 3.26. The first-order valence-corrected chi connectivity index (χ1v) is 9.72.